The van der Waals surface area contributed by atoms with Crippen molar-refractivity contribution in [3.8, 4) is 0 Å². The predicted molar refractivity (Wildman–Crippen MR) is 60.9 cm³/mol. The average molecular weight is 241 g/mol. The van der Waals surface area contributed by atoms with Crippen molar-refractivity contribution in [1.29, 1.82) is 0 Å². The van der Waals surface area contributed by atoms with Crippen LogP contribution in [0.25, 0.3) is 0 Å². The topological polar surface area (TPSA) is 84.3 Å². The first-order chi connectivity index (χ1) is 8.56. The van der Waals surface area contributed by atoms with Crippen molar-refractivity contribution in [2.24, 2.45) is 0 Å². The largest absolute Gasteiger partial charge is 0.390 e. The second-order valence-corrected chi connectivity index (χ2v) is 4.11. The first-order valence-electron chi connectivity index (χ1n) is 6.24. The van der Waals surface area contributed by atoms with Crippen molar-refractivity contribution in [3.05, 3.63) is 32.6 Å². The van der Waals surface area contributed by atoms with Crippen molar-refractivity contribution in [3.63, 3.8) is 0 Å². The van der Waals surface area contributed by atoms with Gasteiger partial charge in [0, 0.05) is 19.6 Å². The SMILES string of the molecule is [2H]C[C@H]1O[C@@H](n2cc(CC)c(=O)[nH]c2=O)CC1O. The van der Waals surface area contributed by atoms with E-state index in [1.165, 1.54) is 10.8 Å². The lowest BCUT2D eigenvalue weighted by molar-refractivity contribution is -0.0102. The van der Waals surface area contributed by atoms with Gasteiger partial charge in [0.15, 0.2) is 0 Å². The lowest BCUT2D eigenvalue weighted by atomic mass is 10.2. The van der Waals surface area contributed by atoms with Gasteiger partial charge in [0.25, 0.3) is 5.56 Å². The molecule has 2 rings (SSSR count). The van der Waals surface area contributed by atoms with E-state index in [0.29, 0.717) is 12.0 Å². The van der Waals surface area contributed by atoms with E-state index < -0.39 is 29.7 Å². The minimum absolute atomic E-state index is 0.0591. The first kappa shape index (κ1) is 10.7. The number of nitrogens with zero attached hydrogens (tertiary/aromatic N) is 1. The number of aliphatic hydroxyl groups is 1. The Morgan fingerprint density at radius 3 is 3.06 bits per heavy atom. The molecule has 0 saturated carbocycles. The fourth-order valence-electron chi connectivity index (χ4n) is 1.88. The quantitative estimate of drug-likeness (QED) is 0.749. The maximum Gasteiger partial charge on any atom is 0.330 e. The molecule has 1 aliphatic rings. The molecule has 3 atom stereocenters. The van der Waals surface area contributed by atoms with Gasteiger partial charge >= 0.3 is 5.69 Å². The number of aliphatic hydroxyl groups excluding tert-OH is 1. The zero-order valence-corrected chi connectivity index (χ0v) is 9.55. The molecule has 0 bridgehead atoms. The third-order valence-electron chi connectivity index (χ3n) is 2.94. The highest BCUT2D eigenvalue weighted by Gasteiger charge is 2.32. The second kappa shape index (κ2) is 4.46. The maximum atomic E-state index is 11.7. The fourth-order valence-corrected chi connectivity index (χ4v) is 1.88. The molecule has 0 radical (unpaired) electrons. The van der Waals surface area contributed by atoms with Crippen LogP contribution in [0.5, 0.6) is 0 Å². The number of aromatic amines is 1. The third-order valence-corrected chi connectivity index (χ3v) is 2.94. The molecule has 2 N–H and O–H groups in total. The van der Waals surface area contributed by atoms with Crippen LogP contribution in [0.1, 0.15) is 33.4 Å². The Morgan fingerprint density at radius 2 is 2.47 bits per heavy atom. The summed E-state index contributed by atoms with van der Waals surface area (Å²) < 4.78 is 13.9. The van der Waals surface area contributed by atoms with Crippen molar-refractivity contribution < 1.29 is 11.2 Å². The monoisotopic (exact) mass is 241 g/mol. The molecule has 1 aromatic heterocycles. The van der Waals surface area contributed by atoms with E-state index in [9.17, 15) is 14.7 Å². The van der Waals surface area contributed by atoms with Gasteiger partial charge in [-0.15, -0.1) is 0 Å². The number of nitrogens with one attached hydrogen (secondary N) is 1. The number of aryl methyl sites for hydroxylation is 1. The van der Waals surface area contributed by atoms with E-state index in [1.54, 1.807) is 0 Å². The summed E-state index contributed by atoms with van der Waals surface area (Å²) in [6.45, 7) is 1.76. The van der Waals surface area contributed by atoms with Crippen LogP contribution >= 0.6 is 0 Å². The van der Waals surface area contributed by atoms with Gasteiger partial charge in [-0.25, -0.2) is 4.79 Å². The molecular formula is C11H16N2O4. The zero-order valence-electron chi connectivity index (χ0n) is 10.5. The highest BCUT2D eigenvalue weighted by molar-refractivity contribution is 5.04. The number of ether oxygens (including phenoxy) is 1. The van der Waals surface area contributed by atoms with Gasteiger partial charge in [-0.3, -0.25) is 14.3 Å². The number of hydrogen-bond acceptors (Lipinski definition) is 4. The Hall–Kier alpha value is -1.40. The van der Waals surface area contributed by atoms with E-state index in [2.05, 4.69) is 4.98 Å². The minimum atomic E-state index is -0.753. The highest BCUT2D eigenvalue weighted by Crippen LogP contribution is 2.26. The van der Waals surface area contributed by atoms with Crippen molar-refractivity contribution in [2.45, 2.75) is 45.1 Å². The maximum absolute atomic E-state index is 11.7. The molecule has 6 nitrogen and oxygen atoms in total. The Morgan fingerprint density at radius 1 is 1.71 bits per heavy atom. The Kier molecular flexibility index (Phi) is 2.82. The molecule has 0 spiro atoms. The summed E-state index contributed by atoms with van der Waals surface area (Å²) in [7, 11) is 0. The molecule has 0 aliphatic carbocycles. The Labute approximate surface area is 99.3 Å². The van der Waals surface area contributed by atoms with Crippen LogP contribution in [0.3, 0.4) is 0 Å². The highest BCUT2D eigenvalue weighted by atomic mass is 16.5. The van der Waals surface area contributed by atoms with Crippen LogP contribution < -0.4 is 11.2 Å². The molecule has 94 valence electrons. The van der Waals surface area contributed by atoms with Crippen LogP contribution in [-0.2, 0) is 11.2 Å². The number of aromatic nitrogens is 2. The van der Waals surface area contributed by atoms with Crippen molar-refractivity contribution in [1.82, 2.24) is 9.55 Å². The van der Waals surface area contributed by atoms with Gasteiger partial charge in [0.2, 0.25) is 0 Å². The molecule has 0 amide bonds. The molecular weight excluding hydrogens is 224 g/mol. The molecule has 6 heteroatoms. The first-order valence-corrected chi connectivity index (χ1v) is 5.54. The van der Waals surface area contributed by atoms with E-state index in [1.807, 2.05) is 6.92 Å². The van der Waals surface area contributed by atoms with Crippen LogP contribution in [0.4, 0.5) is 0 Å². The molecule has 1 aliphatic heterocycles. The smallest absolute Gasteiger partial charge is 0.330 e. The van der Waals surface area contributed by atoms with E-state index in [-0.39, 0.29) is 13.3 Å². The standard InChI is InChI=1S/C11H16N2O4/c1-3-7-5-13(11(16)12-10(7)15)9-4-8(14)6(2)17-9/h5-6,8-9,14H,3-4H2,1-2H3,(H,12,15,16)/t6-,8?,9-/m1/s1/i2D. The summed E-state index contributed by atoms with van der Waals surface area (Å²) in [5.74, 6) is 0. The fraction of sp³-hybridized carbons (Fsp3) is 0.636. The second-order valence-electron chi connectivity index (χ2n) is 4.11. The lowest BCUT2D eigenvalue weighted by Crippen LogP contribution is -2.34. The summed E-state index contributed by atoms with van der Waals surface area (Å²) in [6.07, 6.45) is 0.260. The summed E-state index contributed by atoms with van der Waals surface area (Å²) in [6, 6.07) is 0. The van der Waals surface area contributed by atoms with Crippen LogP contribution in [0.15, 0.2) is 15.8 Å². The van der Waals surface area contributed by atoms with Gasteiger partial charge in [-0.05, 0) is 13.3 Å². The summed E-state index contributed by atoms with van der Waals surface area (Å²) in [5.41, 5.74) is -0.462. The Bertz CT molecular complexity index is 539. The summed E-state index contributed by atoms with van der Waals surface area (Å²) in [4.78, 5) is 25.4. The number of H-pyrrole nitrogens is 1. The van der Waals surface area contributed by atoms with Gasteiger partial charge in [-0.2, -0.15) is 0 Å². The van der Waals surface area contributed by atoms with Crippen LogP contribution in [0.2, 0.25) is 0 Å². The zero-order chi connectivity index (χ0) is 13.3. The molecule has 1 unspecified atom stereocenters. The molecule has 1 aromatic rings. The molecule has 17 heavy (non-hydrogen) atoms. The van der Waals surface area contributed by atoms with Crippen molar-refractivity contribution in [2.75, 3.05) is 0 Å². The van der Waals surface area contributed by atoms with Gasteiger partial charge in [0.05, 0.1) is 12.2 Å². The number of hydrogen-bond donors (Lipinski definition) is 2. The van der Waals surface area contributed by atoms with Gasteiger partial charge in [0.1, 0.15) is 6.23 Å². The molecule has 0 aromatic carbocycles. The van der Waals surface area contributed by atoms with E-state index >= 15 is 0 Å². The van der Waals surface area contributed by atoms with Gasteiger partial charge in [-0.1, -0.05) is 6.92 Å². The van der Waals surface area contributed by atoms with Gasteiger partial charge < -0.3 is 9.84 Å². The van der Waals surface area contributed by atoms with Crippen LogP contribution in [-0.4, -0.2) is 26.9 Å². The third kappa shape index (κ3) is 2.18. The summed E-state index contributed by atoms with van der Waals surface area (Å²) in [5, 5.41) is 9.66. The van der Waals surface area contributed by atoms with Crippen LogP contribution in [0, 0.1) is 0 Å². The molecule has 1 saturated heterocycles. The minimum Gasteiger partial charge on any atom is -0.390 e. The molecule has 2 heterocycles. The normalized spacial score (nSPS) is 29.3. The average Bonchev–Trinajstić information content (AvgIpc) is 2.70. The Balaban J connectivity index is 2.35. The van der Waals surface area contributed by atoms with Crippen molar-refractivity contribution >= 4 is 0 Å². The van der Waals surface area contributed by atoms with E-state index in [0.717, 1.165) is 0 Å². The molecule has 1 fully saturated rings. The summed E-state index contributed by atoms with van der Waals surface area (Å²) >= 11 is 0. The predicted octanol–water partition coefficient (Wildman–Crippen LogP) is -0.233. The lowest BCUT2D eigenvalue weighted by Gasteiger charge is -2.14. The number of rotatable bonds is 2. The van der Waals surface area contributed by atoms with E-state index in [4.69, 9.17) is 6.11 Å².